The molecule has 7 heteroatoms. The number of aliphatic carboxylic acids is 1. The van der Waals surface area contributed by atoms with Gasteiger partial charge in [-0.1, -0.05) is 5.16 Å². The standard InChI is InChI=1S/C11H16N2O5/c1-13(5-3-4-10(14)15)11(16)9-6-8(7-17-2)18-12-9/h6H,3-5,7H2,1-2H3,(H,14,15). The number of methoxy groups -OCH3 is 1. The monoisotopic (exact) mass is 256 g/mol. The predicted octanol–water partition coefficient (Wildman–Crippen LogP) is 0.758. The van der Waals surface area contributed by atoms with E-state index in [2.05, 4.69) is 5.16 Å². The first-order valence-electron chi connectivity index (χ1n) is 5.46. The molecule has 0 bridgehead atoms. The summed E-state index contributed by atoms with van der Waals surface area (Å²) in [7, 11) is 3.11. The van der Waals surface area contributed by atoms with Gasteiger partial charge >= 0.3 is 5.97 Å². The number of hydrogen-bond donors (Lipinski definition) is 1. The second-order valence-corrected chi connectivity index (χ2v) is 3.84. The topological polar surface area (TPSA) is 92.9 Å². The van der Waals surface area contributed by atoms with Crippen LogP contribution in [0.5, 0.6) is 0 Å². The molecule has 1 rings (SSSR count). The van der Waals surface area contributed by atoms with E-state index in [1.165, 1.54) is 18.1 Å². The number of aromatic nitrogens is 1. The Morgan fingerprint density at radius 3 is 2.89 bits per heavy atom. The molecule has 18 heavy (non-hydrogen) atoms. The van der Waals surface area contributed by atoms with Crippen molar-refractivity contribution in [2.75, 3.05) is 20.7 Å². The number of hydrogen-bond acceptors (Lipinski definition) is 5. The summed E-state index contributed by atoms with van der Waals surface area (Å²) >= 11 is 0. The molecule has 0 aliphatic rings. The SMILES string of the molecule is COCc1cc(C(=O)N(C)CCCC(=O)O)no1. The number of carboxylic acids is 1. The van der Waals surface area contributed by atoms with Crippen molar-refractivity contribution in [2.45, 2.75) is 19.4 Å². The molecule has 0 aliphatic carbocycles. The molecule has 1 aromatic heterocycles. The van der Waals surface area contributed by atoms with E-state index in [4.69, 9.17) is 14.4 Å². The second-order valence-electron chi connectivity index (χ2n) is 3.84. The van der Waals surface area contributed by atoms with Crippen LogP contribution in [0, 0.1) is 0 Å². The van der Waals surface area contributed by atoms with Gasteiger partial charge in [-0.15, -0.1) is 0 Å². The van der Waals surface area contributed by atoms with E-state index >= 15 is 0 Å². The summed E-state index contributed by atoms with van der Waals surface area (Å²) in [6.45, 7) is 0.612. The van der Waals surface area contributed by atoms with Crippen LogP contribution in [0.2, 0.25) is 0 Å². The normalized spacial score (nSPS) is 10.3. The lowest BCUT2D eigenvalue weighted by molar-refractivity contribution is -0.137. The highest BCUT2D eigenvalue weighted by atomic mass is 16.5. The number of carbonyl (C=O) groups excluding carboxylic acids is 1. The number of ether oxygens (including phenoxy) is 1. The first kappa shape index (κ1) is 14.2. The van der Waals surface area contributed by atoms with Gasteiger partial charge < -0.3 is 19.3 Å². The molecule has 0 saturated carbocycles. The minimum Gasteiger partial charge on any atom is -0.481 e. The summed E-state index contributed by atoms with van der Waals surface area (Å²) in [4.78, 5) is 23.6. The molecule has 1 N–H and O–H groups in total. The van der Waals surface area contributed by atoms with Crippen LogP contribution in [-0.4, -0.2) is 47.7 Å². The molecular weight excluding hydrogens is 240 g/mol. The molecular formula is C11H16N2O5. The van der Waals surface area contributed by atoms with Crippen LogP contribution in [0.4, 0.5) is 0 Å². The second kappa shape index (κ2) is 6.75. The average Bonchev–Trinajstić information content (AvgIpc) is 2.76. The summed E-state index contributed by atoms with van der Waals surface area (Å²) in [5.74, 6) is -0.703. The van der Waals surface area contributed by atoms with Gasteiger partial charge in [0.1, 0.15) is 6.61 Å². The highest BCUT2D eigenvalue weighted by Crippen LogP contribution is 2.07. The molecule has 1 heterocycles. The van der Waals surface area contributed by atoms with E-state index in [0.717, 1.165) is 0 Å². The van der Waals surface area contributed by atoms with Crippen LogP contribution in [-0.2, 0) is 16.1 Å². The van der Waals surface area contributed by atoms with E-state index in [1.807, 2.05) is 0 Å². The van der Waals surface area contributed by atoms with Crippen molar-refractivity contribution in [3.63, 3.8) is 0 Å². The Hall–Kier alpha value is -1.89. The summed E-state index contributed by atoms with van der Waals surface area (Å²) in [5.41, 5.74) is 0.194. The number of carbonyl (C=O) groups is 2. The zero-order valence-corrected chi connectivity index (χ0v) is 10.4. The Morgan fingerprint density at radius 2 is 2.28 bits per heavy atom. The maximum absolute atomic E-state index is 11.9. The van der Waals surface area contributed by atoms with Gasteiger partial charge in [-0.05, 0) is 6.42 Å². The minimum atomic E-state index is -0.875. The number of rotatable bonds is 7. The molecule has 1 amide bonds. The first-order valence-corrected chi connectivity index (χ1v) is 5.46. The summed E-state index contributed by atoms with van der Waals surface area (Å²) in [5, 5.41) is 12.1. The Kier molecular flexibility index (Phi) is 5.31. The van der Waals surface area contributed by atoms with Gasteiger partial charge in [0.2, 0.25) is 0 Å². The molecule has 7 nitrogen and oxygen atoms in total. The van der Waals surface area contributed by atoms with Crippen molar-refractivity contribution < 1.29 is 24.0 Å². The zero-order valence-electron chi connectivity index (χ0n) is 10.4. The fourth-order valence-corrected chi connectivity index (χ4v) is 1.39. The van der Waals surface area contributed by atoms with Gasteiger partial charge in [-0.3, -0.25) is 9.59 Å². The van der Waals surface area contributed by atoms with Crippen molar-refractivity contribution in [2.24, 2.45) is 0 Å². The predicted molar refractivity (Wildman–Crippen MR) is 61.0 cm³/mol. The van der Waals surface area contributed by atoms with Gasteiger partial charge in [0.05, 0.1) is 0 Å². The molecule has 0 atom stereocenters. The quantitative estimate of drug-likeness (QED) is 0.774. The fraction of sp³-hybridized carbons (Fsp3) is 0.545. The highest BCUT2D eigenvalue weighted by molar-refractivity contribution is 5.92. The molecule has 0 fully saturated rings. The Labute approximate surface area is 104 Å². The largest absolute Gasteiger partial charge is 0.481 e. The van der Waals surface area contributed by atoms with Crippen LogP contribution in [0.15, 0.2) is 10.6 Å². The lowest BCUT2D eigenvalue weighted by atomic mass is 10.3. The van der Waals surface area contributed by atoms with E-state index in [1.54, 1.807) is 7.05 Å². The molecule has 0 unspecified atom stereocenters. The molecule has 100 valence electrons. The van der Waals surface area contributed by atoms with Gasteiger partial charge in [-0.25, -0.2) is 0 Å². The third-order valence-electron chi connectivity index (χ3n) is 2.30. The summed E-state index contributed by atoms with van der Waals surface area (Å²) in [6.07, 6.45) is 0.436. The van der Waals surface area contributed by atoms with Gasteiger partial charge in [-0.2, -0.15) is 0 Å². The smallest absolute Gasteiger partial charge is 0.303 e. The first-order chi connectivity index (χ1) is 8.54. The lowest BCUT2D eigenvalue weighted by Gasteiger charge is -2.14. The van der Waals surface area contributed by atoms with Crippen LogP contribution < -0.4 is 0 Å². The average molecular weight is 256 g/mol. The number of nitrogens with zero attached hydrogens (tertiary/aromatic N) is 2. The minimum absolute atomic E-state index is 0.0331. The molecule has 0 saturated heterocycles. The van der Waals surface area contributed by atoms with Crippen LogP contribution >= 0.6 is 0 Å². The highest BCUT2D eigenvalue weighted by Gasteiger charge is 2.16. The molecule has 0 aromatic carbocycles. The van der Waals surface area contributed by atoms with Crippen molar-refractivity contribution in [3.8, 4) is 0 Å². The molecule has 0 aliphatic heterocycles. The van der Waals surface area contributed by atoms with E-state index in [9.17, 15) is 9.59 Å². The third-order valence-corrected chi connectivity index (χ3v) is 2.30. The number of carboxylic acid groups (broad SMARTS) is 1. The number of amides is 1. The Bertz CT molecular complexity index is 415. The third kappa shape index (κ3) is 4.17. The Balaban J connectivity index is 2.48. The van der Waals surface area contributed by atoms with Crippen molar-refractivity contribution in [1.29, 1.82) is 0 Å². The van der Waals surface area contributed by atoms with Gasteiger partial charge in [0.15, 0.2) is 11.5 Å². The van der Waals surface area contributed by atoms with Crippen molar-refractivity contribution in [1.82, 2.24) is 10.1 Å². The van der Waals surface area contributed by atoms with Crippen molar-refractivity contribution >= 4 is 11.9 Å². The van der Waals surface area contributed by atoms with E-state index in [0.29, 0.717) is 18.7 Å². The Morgan fingerprint density at radius 1 is 1.56 bits per heavy atom. The maximum Gasteiger partial charge on any atom is 0.303 e. The van der Waals surface area contributed by atoms with Crippen molar-refractivity contribution in [3.05, 3.63) is 17.5 Å². The zero-order chi connectivity index (χ0) is 13.5. The molecule has 0 spiro atoms. The molecule has 1 aromatic rings. The summed E-state index contributed by atoms with van der Waals surface area (Å²) in [6, 6.07) is 1.51. The fourth-order valence-electron chi connectivity index (χ4n) is 1.39. The lowest BCUT2D eigenvalue weighted by Crippen LogP contribution is -2.28. The van der Waals surface area contributed by atoms with E-state index in [-0.39, 0.29) is 24.6 Å². The van der Waals surface area contributed by atoms with Crippen LogP contribution in [0.25, 0.3) is 0 Å². The van der Waals surface area contributed by atoms with Crippen LogP contribution in [0.3, 0.4) is 0 Å². The van der Waals surface area contributed by atoms with Gasteiger partial charge in [0.25, 0.3) is 5.91 Å². The maximum atomic E-state index is 11.9. The van der Waals surface area contributed by atoms with E-state index < -0.39 is 5.97 Å². The van der Waals surface area contributed by atoms with Gasteiger partial charge in [0, 0.05) is 33.2 Å². The summed E-state index contributed by atoms with van der Waals surface area (Å²) < 4.78 is 9.75. The molecule has 0 radical (unpaired) electrons. The van der Waals surface area contributed by atoms with Crippen LogP contribution in [0.1, 0.15) is 29.1 Å².